The summed E-state index contributed by atoms with van der Waals surface area (Å²) in [6, 6.07) is 13.2. The van der Waals surface area contributed by atoms with Crippen molar-refractivity contribution in [3.63, 3.8) is 0 Å². The Morgan fingerprint density at radius 1 is 1.17 bits per heavy atom. The summed E-state index contributed by atoms with van der Waals surface area (Å²) in [4.78, 5) is 4.32. The molecule has 2 aromatic rings. The maximum Gasteiger partial charge on any atom is 0.193 e. The second kappa shape index (κ2) is 8.08. The van der Waals surface area contributed by atoms with Gasteiger partial charge in [0, 0.05) is 5.69 Å². The van der Waals surface area contributed by atoms with E-state index in [-0.39, 0.29) is 5.75 Å². The van der Waals surface area contributed by atoms with E-state index < -0.39 is 0 Å². The number of phenolic OH excluding ortho intramolecular Hbond substituents is 1. The molecule has 2 rings (SSSR count). The smallest absolute Gasteiger partial charge is 0.193 e. The first-order chi connectivity index (χ1) is 11.1. The fourth-order valence-electron chi connectivity index (χ4n) is 2.16. The van der Waals surface area contributed by atoms with Crippen molar-refractivity contribution >= 4 is 11.6 Å². The summed E-state index contributed by atoms with van der Waals surface area (Å²) in [6.07, 6.45) is 0.973. The molecule has 0 aliphatic rings. The Morgan fingerprint density at radius 2 is 2.00 bits per heavy atom. The largest absolute Gasteiger partial charge is 0.504 e. The number of ether oxygens (including phenoxy) is 1. The zero-order chi connectivity index (χ0) is 16.7. The van der Waals surface area contributed by atoms with Crippen LogP contribution >= 0.6 is 0 Å². The molecule has 0 saturated carbocycles. The van der Waals surface area contributed by atoms with E-state index >= 15 is 0 Å². The molecule has 0 spiro atoms. The molecule has 0 unspecified atom stereocenters. The van der Waals surface area contributed by atoms with Gasteiger partial charge in [-0.2, -0.15) is 0 Å². The van der Waals surface area contributed by atoms with Crippen LogP contribution in [0.4, 0.5) is 5.69 Å². The Morgan fingerprint density at radius 3 is 2.74 bits per heavy atom. The lowest BCUT2D eigenvalue weighted by molar-refractivity contribution is 0.318. The Labute approximate surface area is 136 Å². The number of nitrogens with two attached hydrogens (primary N) is 1. The maximum atomic E-state index is 9.69. The number of guanidine groups is 1. The zero-order valence-electron chi connectivity index (χ0n) is 13.5. The highest BCUT2D eigenvalue weighted by molar-refractivity contribution is 5.92. The lowest BCUT2D eigenvalue weighted by Crippen LogP contribution is -2.22. The summed E-state index contributed by atoms with van der Waals surface area (Å²) in [5.74, 6) is 0.939. The summed E-state index contributed by atoms with van der Waals surface area (Å²) >= 11 is 0. The summed E-state index contributed by atoms with van der Waals surface area (Å²) in [7, 11) is 0. The molecule has 0 aromatic heterocycles. The Kier molecular flexibility index (Phi) is 5.86. The van der Waals surface area contributed by atoms with E-state index in [0.717, 1.165) is 17.7 Å². The minimum Gasteiger partial charge on any atom is -0.504 e. The fraction of sp³-hybridized carbons (Fsp3) is 0.278. The van der Waals surface area contributed by atoms with Gasteiger partial charge in [0.1, 0.15) is 0 Å². The van der Waals surface area contributed by atoms with E-state index in [0.29, 0.717) is 24.9 Å². The molecule has 0 radical (unpaired) electrons. The lowest BCUT2D eigenvalue weighted by atomic mass is 10.1. The summed E-state index contributed by atoms with van der Waals surface area (Å²) < 4.78 is 5.36. The molecule has 23 heavy (non-hydrogen) atoms. The van der Waals surface area contributed by atoms with Crippen LogP contribution < -0.4 is 15.8 Å². The van der Waals surface area contributed by atoms with Crippen LogP contribution in [0.5, 0.6) is 11.5 Å². The number of benzene rings is 2. The van der Waals surface area contributed by atoms with Gasteiger partial charge >= 0.3 is 0 Å². The summed E-state index contributed by atoms with van der Waals surface area (Å²) in [6.45, 7) is 4.89. The molecule has 0 saturated heterocycles. The Hall–Kier alpha value is -2.69. The molecule has 2 aromatic carbocycles. The van der Waals surface area contributed by atoms with Crippen molar-refractivity contribution < 1.29 is 9.84 Å². The van der Waals surface area contributed by atoms with Crippen molar-refractivity contribution in [2.45, 2.75) is 26.8 Å². The monoisotopic (exact) mass is 313 g/mol. The second-order valence-electron chi connectivity index (χ2n) is 5.12. The van der Waals surface area contributed by atoms with Crippen LogP contribution in [0.15, 0.2) is 47.5 Å². The van der Waals surface area contributed by atoms with Crippen LogP contribution in [0.2, 0.25) is 0 Å². The number of nitrogens with zero attached hydrogens (tertiary/aromatic N) is 1. The zero-order valence-corrected chi connectivity index (χ0v) is 13.5. The van der Waals surface area contributed by atoms with Crippen LogP contribution in [0.3, 0.4) is 0 Å². The minimum atomic E-state index is 0.127. The molecule has 0 aliphatic carbocycles. The number of aryl methyl sites for hydroxylation is 1. The number of hydrogen-bond donors (Lipinski definition) is 3. The molecule has 0 amide bonds. The lowest BCUT2D eigenvalue weighted by Gasteiger charge is -2.09. The van der Waals surface area contributed by atoms with Crippen molar-refractivity contribution in [1.82, 2.24) is 0 Å². The van der Waals surface area contributed by atoms with E-state index in [9.17, 15) is 5.11 Å². The molecule has 0 heterocycles. The van der Waals surface area contributed by atoms with Gasteiger partial charge in [0.25, 0.3) is 0 Å². The molecule has 5 heteroatoms. The van der Waals surface area contributed by atoms with Gasteiger partial charge in [0.15, 0.2) is 17.5 Å². The number of hydrogen-bond acceptors (Lipinski definition) is 3. The third-order valence-electron chi connectivity index (χ3n) is 3.36. The third kappa shape index (κ3) is 4.92. The molecule has 0 fully saturated rings. The number of aromatic hydroxyl groups is 1. The normalized spacial score (nSPS) is 11.3. The minimum absolute atomic E-state index is 0.127. The molecule has 5 nitrogen and oxygen atoms in total. The predicted octanol–water partition coefficient (Wildman–Crippen LogP) is 3.28. The van der Waals surface area contributed by atoms with Gasteiger partial charge in [-0.3, -0.25) is 0 Å². The number of nitrogens with one attached hydrogen (secondary N) is 1. The van der Waals surface area contributed by atoms with E-state index in [2.05, 4.69) is 29.4 Å². The second-order valence-corrected chi connectivity index (χ2v) is 5.12. The predicted molar refractivity (Wildman–Crippen MR) is 94.0 cm³/mol. The molecule has 0 atom stereocenters. The topological polar surface area (TPSA) is 79.9 Å². The molecule has 4 N–H and O–H groups in total. The third-order valence-corrected chi connectivity index (χ3v) is 3.36. The average molecular weight is 313 g/mol. The van der Waals surface area contributed by atoms with Crippen molar-refractivity contribution in [2.24, 2.45) is 10.7 Å². The highest BCUT2D eigenvalue weighted by atomic mass is 16.5. The van der Waals surface area contributed by atoms with Crippen LogP contribution in [-0.2, 0) is 13.0 Å². The number of anilines is 1. The van der Waals surface area contributed by atoms with Gasteiger partial charge in [-0.15, -0.1) is 0 Å². The van der Waals surface area contributed by atoms with Gasteiger partial charge in [-0.1, -0.05) is 25.1 Å². The molecule has 122 valence electrons. The van der Waals surface area contributed by atoms with Crippen molar-refractivity contribution in [3.8, 4) is 11.5 Å². The fourth-order valence-corrected chi connectivity index (χ4v) is 2.16. The van der Waals surface area contributed by atoms with Gasteiger partial charge in [-0.05, 0) is 48.7 Å². The highest BCUT2D eigenvalue weighted by Crippen LogP contribution is 2.27. The van der Waals surface area contributed by atoms with Crippen LogP contribution in [0.25, 0.3) is 0 Å². The number of phenols is 1. The van der Waals surface area contributed by atoms with E-state index in [1.807, 2.05) is 19.1 Å². The molecular weight excluding hydrogens is 290 g/mol. The maximum absolute atomic E-state index is 9.69. The summed E-state index contributed by atoms with van der Waals surface area (Å²) in [5, 5.41) is 12.8. The summed E-state index contributed by atoms with van der Waals surface area (Å²) in [5.41, 5.74) is 9.01. The number of rotatable bonds is 6. The van der Waals surface area contributed by atoms with E-state index in [4.69, 9.17) is 10.5 Å². The first-order valence-corrected chi connectivity index (χ1v) is 7.73. The van der Waals surface area contributed by atoms with E-state index in [1.54, 1.807) is 18.2 Å². The molecule has 0 bridgehead atoms. The first kappa shape index (κ1) is 16.7. The van der Waals surface area contributed by atoms with E-state index in [1.165, 1.54) is 5.56 Å². The van der Waals surface area contributed by atoms with Crippen LogP contribution in [0.1, 0.15) is 25.0 Å². The van der Waals surface area contributed by atoms with Crippen molar-refractivity contribution in [2.75, 3.05) is 11.9 Å². The standard InChI is InChI=1S/C18H23N3O2/c1-3-13-6-5-7-15(10-13)21-18(19)20-12-14-8-9-16(22)17(11-14)23-4-2/h5-11,22H,3-4,12H2,1-2H3,(H3,19,20,21). The highest BCUT2D eigenvalue weighted by Gasteiger charge is 2.03. The average Bonchev–Trinajstić information content (AvgIpc) is 2.56. The Balaban J connectivity index is 2.02. The SMILES string of the molecule is CCOc1cc(CN=C(N)Nc2cccc(CC)c2)ccc1O. The van der Waals surface area contributed by atoms with Crippen LogP contribution in [0, 0.1) is 0 Å². The van der Waals surface area contributed by atoms with Gasteiger partial charge in [0.2, 0.25) is 0 Å². The Bertz CT molecular complexity index is 684. The van der Waals surface area contributed by atoms with Gasteiger partial charge < -0.3 is 20.9 Å². The van der Waals surface area contributed by atoms with Crippen molar-refractivity contribution in [3.05, 3.63) is 53.6 Å². The first-order valence-electron chi connectivity index (χ1n) is 7.73. The quantitative estimate of drug-likeness (QED) is 0.565. The van der Waals surface area contributed by atoms with Crippen molar-refractivity contribution in [1.29, 1.82) is 0 Å². The van der Waals surface area contributed by atoms with Crippen LogP contribution in [-0.4, -0.2) is 17.7 Å². The van der Waals surface area contributed by atoms with Gasteiger partial charge in [0.05, 0.1) is 13.2 Å². The van der Waals surface area contributed by atoms with Gasteiger partial charge in [-0.25, -0.2) is 4.99 Å². The number of aliphatic imine (C=N–C) groups is 1. The molecule has 0 aliphatic heterocycles. The molecular formula is C18H23N3O2.